The van der Waals surface area contributed by atoms with Gasteiger partial charge in [-0.1, -0.05) is 25.4 Å². The van der Waals surface area contributed by atoms with Crippen LogP contribution in [-0.2, 0) is 0 Å². The predicted octanol–water partition coefficient (Wildman–Crippen LogP) is 2.11. The van der Waals surface area contributed by atoms with E-state index in [1.165, 1.54) is 18.2 Å². The van der Waals surface area contributed by atoms with E-state index in [0.717, 1.165) is 6.42 Å². The zero-order chi connectivity index (χ0) is 14.4. The van der Waals surface area contributed by atoms with Gasteiger partial charge in [0, 0.05) is 11.6 Å². The summed E-state index contributed by atoms with van der Waals surface area (Å²) in [5, 5.41) is 22.3. The van der Waals surface area contributed by atoms with Gasteiger partial charge in [-0.2, -0.15) is 0 Å². The third-order valence-corrected chi connectivity index (χ3v) is 2.78. The van der Waals surface area contributed by atoms with Gasteiger partial charge >= 0.3 is 5.69 Å². The molecule has 0 heterocycles. The lowest BCUT2D eigenvalue weighted by atomic mass is 10.1. The number of nitro benzene ring substituents is 1. The standard InChI is InChI=1S/C12H17N3O4/c1-3-8(2)7-19-11-5-4-9(12(13)14-16)6-10(11)15(17)18/h4-6,8,16H,3,7H2,1-2H3,(H2,13,14). The number of rotatable bonds is 6. The van der Waals surface area contributed by atoms with Gasteiger partial charge in [0.25, 0.3) is 0 Å². The maximum absolute atomic E-state index is 11.0. The van der Waals surface area contributed by atoms with Gasteiger partial charge in [-0.25, -0.2) is 0 Å². The normalized spacial score (nSPS) is 13.1. The lowest BCUT2D eigenvalue weighted by Crippen LogP contribution is -2.14. The molecule has 0 saturated carbocycles. The SMILES string of the molecule is CCC(C)COc1ccc(C(N)=NO)cc1[N+](=O)[O-]. The van der Waals surface area contributed by atoms with Crippen molar-refractivity contribution in [3.8, 4) is 5.75 Å². The van der Waals surface area contributed by atoms with E-state index in [0.29, 0.717) is 12.5 Å². The van der Waals surface area contributed by atoms with Gasteiger partial charge in [0.2, 0.25) is 0 Å². The molecule has 0 aliphatic carbocycles. The fraction of sp³-hybridized carbons (Fsp3) is 0.417. The van der Waals surface area contributed by atoms with Crippen molar-refractivity contribution in [2.45, 2.75) is 20.3 Å². The fourth-order valence-electron chi connectivity index (χ4n) is 1.35. The van der Waals surface area contributed by atoms with Gasteiger partial charge in [0.1, 0.15) is 0 Å². The Labute approximate surface area is 110 Å². The van der Waals surface area contributed by atoms with E-state index in [2.05, 4.69) is 5.16 Å². The molecule has 7 heteroatoms. The van der Waals surface area contributed by atoms with Gasteiger partial charge < -0.3 is 15.7 Å². The summed E-state index contributed by atoms with van der Waals surface area (Å²) in [6, 6.07) is 4.18. The number of nitro groups is 1. The molecular weight excluding hydrogens is 250 g/mol. The van der Waals surface area contributed by atoms with Gasteiger partial charge in [0.05, 0.1) is 11.5 Å². The van der Waals surface area contributed by atoms with Crippen LogP contribution in [0.3, 0.4) is 0 Å². The molecule has 0 aliphatic rings. The molecule has 0 bridgehead atoms. The second kappa shape index (κ2) is 6.58. The zero-order valence-electron chi connectivity index (χ0n) is 10.9. The van der Waals surface area contributed by atoms with E-state index in [9.17, 15) is 10.1 Å². The molecule has 0 saturated heterocycles. The largest absolute Gasteiger partial charge is 0.487 e. The van der Waals surface area contributed by atoms with Gasteiger partial charge in [-0.05, 0) is 18.1 Å². The molecule has 19 heavy (non-hydrogen) atoms. The van der Waals surface area contributed by atoms with Crippen molar-refractivity contribution in [3.05, 3.63) is 33.9 Å². The molecule has 0 radical (unpaired) electrons. The van der Waals surface area contributed by atoms with Crippen LogP contribution in [0.15, 0.2) is 23.4 Å². The highest BCUT2D eigenvalue weighted by molar-refractivity contribution is 5.97. The van der Waals surface area contributed by atoms with Crippen LogP contribution in [0.5, 0.6) is 5.75 Å². The number of benzene rings is 1. The Kier molecular flexibility index (Phi) is 5.11. The van der Waals surface area contributed by atoms with Crippen molar-refractivity contribution in [1.29, 1.82) is 0 Å². The average Bonchev–Trinajstić information content (AvgIpc) is 2.43. The number of amidine groups is 1. The van der Waals surface area contributed by atoms with Gasteiger partial charge in [-0.3, -0.25) is 10.1 Å². The highest BCUT2D eigenvalue weighted by Gasteiger charge is 2.18. The van der Waals surface area contributed by atoms with E-state index in [4.69, 9.17) is 15.7 Å². The Hall–Kier alpha value is -2.31. The minimum absolute atomic E-state index is 0.180. The molecule has 0 fully saturated rings. The molecular formula is C12H17N3O4. The summed E-state index contributed by atoms with van der Waals surface area (Å²) in [5.74, 6) is 0.305. The summed E-state index contributed by atoms with van der Waals surface area (Å²) >= 11 is 0. The van der Waals surface area contributed by atoms with Crippen molar-refractivity contribution in [2.24, 2.45) is 16.8 Å². The maximum atomic E-state index is 11.0. The first-order valence-electron chi connectivity index (χ1n) is 5.88. The van der Waals surface area contributed by atoms with Crippen LogP contribution in [0.25, 0.3) is 0 Å². The van der Waals surface area contributed by atoms with Crippen LogP contribution >= 0.6 is 0 Å². The Morgan fingerprint density at radius 2 is 2.32 bits per heavy atom. The molecule has 1 rings (SSSR count). The molecule has 1 aromatic rings. The second-order valence-corrected chi connectivity index (χ2v) is 4.25. The number of hydrogen-bond acceptors (Lipinski definition) is 5. The molecule has 1 unspecified atom stereocenters. The molecule has 0 amide bonds. The zero-order valence-corrected chi connectivity index (χ0v) is 10.9. The summed E-state index contributed by atoms with van der Waals surface area (Å²) in [6.07, 6.45) is 0.927. The molecule has 0 spiro atoms. The van der Waals surface area contributed by atoms with Crippen LogP contribution in [0.1, 0.15) is 25.8 Å². The first kappa shape index (κ1) is 14.7. The highest BCUT2D eigenvalue weighted by Crippen LogP contribution is 2.28. The van der Waals surface area contributed by atoms with Crippen molar-refractivity contribution in [1.82, 2.24) is 0 Å². The number of hydrogen-bond donors (Lipinski definition) is 2. The minimum Gasteiger partial charge on any atom is -0.487 e. The van der Waals surface area contributed by atoms with Crippen molar-refractivity contribution in [2.75, 3.05) is 6.61 Å². The number of oxime groups is 1. The number of nitrogens with zero attached hydrogens (tertiary/aromatic N) is 2. The summed E-state index contributed by atoms with van der Waals surface area (Å²) < 4.78 is 5.43. The molecule has 1 atom stereocenters. The van der Waals surface area contributed by atoms with Crippen LogP contribution < -0.4 is 10.5 Å². The molecule has 0 aromatic heterocycles. The van der Waals surface area contributed by atoms with Crippen LogP contribution in [-0.4, -0.2) is 22.6 Å². The monoisotopic (exact) mass is 267 g/mol. The highest BCUT2D eigenvalue weighted by atomic mass is 16.6. The van der Waals surface area contributed by atoms with Gasteiger partial charge in [-0.15, -0.1) is 0 Å². The minimum atomic E-state index is -0.555. The lowest BCUT2D eigenvalue weighted by Gasteiger charge is -2.11. The Balaban J connectivity index is 3.02. The first-order chi connectivity index (χ1) is 8.99. The molecule has 104 valence electrons. The quantitative estimate of drug-likeness (QED) is 0.269. The summed E-state index contributed by atoms with van der Waals surface area (Å²) in [7, 11) is 0. The molecule has 0 aliphatic heterocycles. The molecule has 1 aromatic carbocycles. The summed E-state index contributed by atoms with van der Waals surface area (Å²) in [4.78, 5) is 10.4. The van der Waals surface area contributed by atoms with E-state index < -0.39 is 4.92 Å². The lowest BCUT2D eigenvalue weighted by molar-refractivity contribution is -0.385. The average molecular weight is 267 g/mol. The van der Waals surface area contributed by atoms with Crippen LogP contribution in [0.4, 0.5) is 5.69 Å². The third kappa shape index (κ3) is 3.84. The first-order valence-corrected chi connectivity index (χ1v) is 5.88. The maximum Gasteiger partial charge on any atom is 0.311 e. The third-order valence-electron chi connectivity index (χ3n) is 2.78. The van der Waals surface area contributed by atoms with Gasteiger partial charge in [0.15, 0.2) is 11.6 Å². The topological polar surface area (TPSA) is 111 Å². The molecule has 7 nitrogen and oxygen atoms in total. The van der Waals surface area contributed by atoms with Crippen molar-refractivity contribution < 1.29 is 14.9 Å². The number of ether oxygens (including phenoxy) is 1. The van der Waals surface area contributed by atoms with E-state index in [1.807, 2.05) is 13.8 Å². The summed E-state index contributed by atoms with van der Waals surface area (Å²) in [6.45, 7) is 4.42. The Morgan fingerprint density at radius 1 is 1.63 bits per heavy atom. The fourth-order valence-corrected chi connectivity index (χ4v) is 1.35. The van der Waals surface area contributed by atoms with Crippen molar-refractivity contribution >= 4 is 11.5 Å². The van der Waals surface area contributed by atoms with E-state index in [-0.39, 0.29) is 22.8 Å². The summed E-state index contributed by atoms with van der Waals surface area (Å²) in [5.41, 5.74) is 5.46. The predicted molar refractivity (Wildman–Crippen MR) is 70.6 cm³/mol. The smallest absolute Gasteiger partial charge is 0.311 e. The van der Waals surface area contributed by atoms with Crippen LogP contribution in [0, 0.1) is 16.0 Å². The van der Waals surface area contributed by atoms with Crippen LogP contribution in [0.2, 0.25) is 0 Å². The van der Waals surface area contributed by atoms with E-state index in [1.54, 1.807) is 0 Å². The van der Waals surface area contributed by atoms with Crippen molar-refractivity contribution in [3.63, 3.8) is 0 Å². The second-order valence-electron chi connectivity index (χ2n) is 4.25. The number of nitrogens with two attached hydrogens (primary N) is 1. The van der Waals surface area contributed by atoms with E-state index >= 15 is 0 Å². The molecule has 3 N–H and O–H groups in total. The Morgan fingerprint density at radius 3 is 2.84 bits per heavy atom. The Bertz CT molecular complexity index is 488.